The summed E-state index contributed by atoms with van der Waals surface area (Å²) >= 11 is 0. The molecular weight excluding hydrogens is 191 g/mol. The van der Waals surface area contributed by atoms with E-state index in [1.165, 1.54) is 12.1 Å². The van der Waals surface area contributed by atoms with Crippen LogP contribution in [0.5, 0.6) is 0 Å². The number of nitrogens with two attached hydrogens (primary N) is 1. The van der Waals surface area contributed by atoms with Crippen LogP contribution in [0.1, 0.15) is 17.2 Å². The van der Waals surface area contributed by atoms with Gasteiger partial charge in [-0.2, -0.15) is 13.2 Å². The largest absolute Gasteiger partial charge is 0.416 e. The molecule has 1 aromatic rings. The van der Waals surface area contributed by atoms with E-state index in [0.717, 1.165) is 12.1 Å². The van der Waals surface area contributed by atoms with Crippen molar-refractivity contribution < 1.29 is 13.2 Å². The maximum atomic E-state index is 12.1. The number of alkyl halides is 3. The highest BCUT2D eigenvalue weighted by atomic mass is 19.4. The lowest BCUT2D eigenvalue weighted by atomic mass is 10.1. The lowest BCUT2D eigenvalue weighted by molar-refractivity contribution is -0.137. The molecule has 4 heteroatoms. The zero-order valence-corrected chi connectivity index (χ0v) is 7.18. The molecule has 0 saturated heterocycles. The summed E-state index contributed by atoms with van der Waals surface area (Å²) in [6.45, 7) is 0. The summed E-state index contributed by atoms with van der Waals surface area (Å²) < 4.78 is 36.4. The van der Waals surface area contributed by atoms with E-state index in [2.05, 4.69) is 5.92 Å². The molecule has 74 valence electrons. The van der Waals surface area contributed by atoms with Crippen molar-refractivity contribution >= 4 is 0 Å². The van der Waals surface area contributed by atoms with Crippen molar-refractivity contribution in [2.45, 2.75) is 12.2 Å². The van der Waals surface area contributed by atoms with Gasteiger partial charge in [0.25, 0.3) is 0 Å². The molecule has 1 atom stereocenters. The van der Waals surface area contributed by atoms with Gasteiger partial charge >= 0.3 is 6.18 Å². The highest BCUT2D eigenvalue weighted by molar-refractivity contribution is 5.30. The van der Waals surface area contributed by atoms with E-state index >= 15 is 0 Å². The normalized spacial score (nSPS) is 13.4. The molecule has 0 saturated carbocycles. The average molecular weight is 199 g/mol. The SMILES string of the molecule is C#C[C@@H](N)c1ccc(C(F)(F)F)cc1. The molecular formula is C10H8F3N. The Morgan fingerprint density at radius 2 is 1.71 bits per heavy atom. The van der Waals surface area contributed by atoms with Gasteiger partial charge in [0.2, 0.25) is 0 Å². The quantitative estimate of drug-likeness (QED) is 0.690. The fraction of sp³-hybridized carbons (Fsp3) is 0.200. The fourth-order valence-electron chi connectivity index (χ4n) is 0.976. The predicted octanol–water partition coefficient (Wildman–Crippen LogP) is 2.34. The first kappa shape index (κ1) is 10.6. The Bertz CT molecular complexity index is 345. The topological polar surface area (TPSA) is 26.0 Å². The molecule has 0 aliphatic heterocycles. The van der Waals surface area contributed by atoms with Crippen molar-refractivity contribution in [3.8, 4) is 12.3 Å². The van der Waals surface area contributed by atoms with Crippen molar-refractivity contribution in [3.05, 3.63) is 35.4 Å². The van der Waals surface area contributed by atoms with E-state index in [1.807, 2.05) is 0 Å². The van der Waals surface area contributed by atoms with Crippen LogP contribution < -0.4 is 5.73 Å². The summed E-state index contributed by atoms with van der Waals surface area (Å²) in [5.41, 5.74) is 5.23. The Labute approximate surface area is 79.7 Å². The van der Waals surface area contributed by atoms with Crippen LogP contribution >= 0.6 is 0 Å². The lowest BCUT2D eigenvalue weighted by Crippen LogP contribution is -2.09. The molecule has 0 radical (unpaired) electrons. The Morgan fingerprint density at radius 1 is 1.21 bits per heavy atom. The summed E-state index contributed by atoms with van der Waals surface area (Å²) in [4.78, 5) is 0. The third-order valence-corrected chi connectivity index (χ3v) is 1.78. The number of rotatable bonds is 1. The molecule has 0 aromatic heterocycles. The van der Waals surface area contributed by atoms with Crippen molar-refractivity contribution in [3.63, 3.8) is 0 Å². The molecule has 0 amide bonds. The Hall–Kier alpha value is -1.47. The molecule has 0 unspecified atom stereocenters. The highest BCUT2D eigenvalue weighted by Gasteiger charge is 2.29. The van der Waals surface area contributed by atoms with E-state index in [0.29, 0.717) is 5.56 Å². The highest BCUT2D eigenvalue weighted by Crippen LogP contribution is 2.29. The summed E-state index contributed by atoms with van der Waals surface area (Å²) in [7, 11) is 0. The summed E-state index contributed by atoms with van der Waals surface area (Å²) in [5.74, 6) is 2.24. The van der Waals surface area contributed by atoms with Crippen LogP contribution in [0.25, 0.3) is 0 Å². The second kappa shape index (κ2) is 3.72. The van der Waals surface area contributed by atoms with Crippen LogP contribution in [0.3, 0.4) is 0 Å². The average Bonchev–Trinajstić information content (AvgIpc) is 2.15. The molecule has 0 bridgehead atoms. The fourth-order valence-corrected chi connectivity index (χ4v) is 0.976. The van der Waals surface area contributed by atoms with Gasteiger partial charge in [-0.25, -0.2) is 0 Å². The van der Waals surface area contributed by atoms with Crippen LogP contribution in [0, 0.1) is 12.3 Å². The van der Waals surface area contributed by atoms with E-state index in [1.54, 1.807) is 0 Å². The zero-order chi connectivity index (χ0) is 10.8. The van der Waals surface area contributed by atoms with Crippen LogP contribution in [-0.4, -0.2) is 0 Å². The van der Waals surface area contributed by atoms with E-state index < -0.39 is 17.8 Å². The molecule has 0 spiro atoms. The summed E-state index contributed by atoms with van der Waals surface area (Å²) in [6, 6.07) is 3.84. The number of hydrogen-bond donors (Lipinski definition) is 1. The number of hydrogen-bond acceptors (Lipinski definition) is 1. The van der Waals surface area contributed by atoms with Crippen molar-refractivity contribution in [1.82, 2.24) is 0 Å². The van der Waals surface area contributed by atoms with Gasteiger partial charge in [0, 0.05) is 0 Å². The molecule has 1 nitrogen and oxygen atoms in total. The van der Waals surface area contributed by atoms with Crippen molar-refractivity contribution in [2.75, 3.05) is 0 Å². The van der Waals surface area contributed by atoms with Gasteiger partial charge in [0.1, 0.15) is 0 Å². The molecule has 2 N–H and O–H groups in total. The van der Waals surface area contributed by atoms with Gasteiger partial charge in [-0.3, -0.25) is 0 Å². The van der Waals surface area contributed by atoms with Crippen LogP contribution in [0.2, 0.25) is 0 Å². The molecule has 0 fully saturated rings. The zero-order valence-electron chi connectivity index (χ0n) is 7.18. The number of terminal acetylenes is 1. The van der Waals surface area contributed by atoms with Gasteiger partial charge < -0.3 is 5.73 Å². The van der Waals surface area contributed by atoms with Gasteiger partial charge in [-0.1, -0.05) is 18.1 Å². The Morgan fingerprint density at radius 3 is 2.07 bits per heavy atom. The van der Waals surface area contributed by atoms with E-state index in [4.69, 9.17) is 12.2 Å². The number of halogens is 3. The van der Waals surface area contributed by atoms with Crippen LogP contribution in [0.4, 0.5) is 13.2 Å². The molecule has 14 heavy (non-hydrogen) atoms. The van der Waals surface area contributed by atoms with Gasteiger partial charge in [0.05, 0.1) is 11.6 Å². The summed E-state index contributed by atoms with van der Waals surface area (Å²) in [5, 5.41) is 0. The first-order valence-electron chi connectivity index (χ1n) is 3.84. The van der Waals surface area contributed by atoms with Crippen LogP contribution in [-0.2, 0) is 6.18 Å². The standard InChI is InChI=1S/C10H8F3N/c1-2-9(14)7-3-5-8(6-4-7)10(11,12)13/h1,3-6,9H,14H2/t9-/m1/s1. The van der Waals surface area contributed by atoms with Crippen molar-refractivity contribution in [2.24, 2.45) is 5.73 Å². The smallest absolute Gasteiger partial charge is 0.314 e. The molecule has 0 aliphatic carbocycles. The second-order valence-electron chi connectivity index (χ2n) is 2.76. The second-order valence-corrected chi connectivity index (χ2v) is 2.76. The Kier molecular flexibility index (Phi) is 2.82. The lowest BCUT2D eigenvalue weighted by Gasteiger charge is -2.08. The minimum absolute atomic E-state index is 0.500. The van der Waals surface area contributed by atoms with E-state index in [-0.39, 0.29) is 0 Å². The van der Waals surface area contributed by atoms with Crippen LogP contribution in [0.15, 0.2) is 24.3 Å². The van der Waals surface area contributed by atoms with Gasteiger partial charge in [0.15, 0.2) is 0 Å². The molecule has 1 aromatic carbocycles. The number of benzene rings is 1. The van der Waals surface area contributed by atoms with Gasteiger partial charge in [-0.15, -0.1) is 6.42 Å². The van der Waals surface area contributed by atoms with Gasteiger partial charge in [-0.05, 0) is 17.7 Å². The van der Waals surface area contributed by atoms with Crippen molar-refractivity contribution in [1.29, 1.82) is 0 Å². The monoisotopic (exact) mass is 199 g/mol. The van der Waals surface area contributed by atoms with E-state index in [9.17, 15) is 13.2 Å². The first-order valence-corrected chi connectivity index (χ1v) is 3.84. The summed E-state index contributed by atoms with van der Waals surface area (Å²) in [6.07, 6.45) is 0.710. The minimum atomic E-state index is -4.32. The third-order valence-electron chi connectivity index (χ3n) is 1.78. The molecule has 0 aliphatic rings. The predicted molar refractivity (Wildman–Crippen MR) is 47.2 cm³/mol. The first-order chi connectivity index (χ1) is 6.45. The maximum Gasteiger partial charge on any atom is 0.416 e. The maximum absolute atomic E-state index is 12.1. The minimum Gasteiger partial charge on any atom is -0.314 e. The third kappa shape index (κ3) is 2.27. The Balaban J connectivity index is 2.96. The molecule has 0 heterocycles. The molecule has 1 rings (SSSR count).